The molecule has 0 radical (unpaired) electrons. The molecule has 2 bridgehead atoms. The summed E-state index contributed by atoms with van der Waals surface area (Å²) in [7, 11) is -0.533. The van der Waals surface area contributed by atoms with Crippen molar-refractivity contribution in [2.45, 2.75) is 110 Å². The highest BCUT2D eigenvalue weighted by atomic mass is 16.7. The van der Waals surface area contributed by atoms with E-state index in [0.717, 1.165) is 18.0 Å². The summed E-state index contributed by atoms with van der Waals surface area (Å²) in [4.78, 5) is 36.3. The number of amides is 2. The average molecular weight is 522 g/mol. The SMILES string of the molecule is CCC(=O)N[C@@H](CCCNC1NN1[N+](=O)[O-])C(=O)N[C@@H](CC(C)C)B1O[C@@H]2C[C@@H]3C[C@@H](C3(C)C)[C@]2(C)O1. The molecular formula is C24H43BN6O6. The summed E-state index contributed by atoms with van der Waals surface area (Å²) < 4.78 is 13.1. The molecule has 2 heterocycles. The summed E-state index contributed by atoms with van der Waals surface area (Å²) in [6, 6.07) is -0.714. The number of hydrazine groups is 2. The van der Waals surface area contributed by atoms with Crippen molar-refractivity contribution in [2.24, 2.45) is 23.2 Å². The Labute approximate surface area is 219 Å². The molecule has 208 valence electrons. The molecule has 0 aromatic carbocycles. The van der Waals surface area contributed by atoms with Crippen molar-refractivity contribution in [3.8, 4) is 0 Å². The smallest absolute Gasteiger partial charge is 0.404 e. The zero-order valence-corrected chi connectivity index (χ0v) is 22.9. The van der Waals surface area contributed by atoms with Crippen LogP contribution in [0.5, 0.6) is 0 Å². The summed E-state index contributed by atoms with van der Waals surface area (Å²) in [5.74, 6) is 0.578. The van der Waals surface area contributed by atoms with Gasteiger partial charge in [0.2, 0.25) is 18.1 Å². The van der Waals surface area contributed by atoms with Crippen molar-refractivity contribution < 1.29 is 23.9 Å². The van der Waals surface area contributed by atoms with E-state index in [4.69, 9.17) is 9.31 Å². The van der Waals surface area contributed by atoms with Crippen LogP contribution in [-0.4, -0.2) is 65.6 Å². The van der Waals surface area contributed by atoms with Gasteiger partial charge in [0.1, 0.15) is 6.04 Å². The maximum Gasteiger partial charge on any atom is 0.481 e. The second kappa shape index (κ2) is 10.7. The Bertz CT molecular complexity index is 892. The minimum absolute atomic E-state index is 0.0252. The molecular weight excluding hydrogens is 479 g/mol. The maximum atomic E-state index is 13.4. The molecule has 37 heavy (non-hydrogen) atoms. The minimum Gasteiger partial charge on any atom is -0.404 e. The molecule has 12 nitrogen and oxygen atoms in total. The first kappa shape index (κ1) is 28.1. The van der Waals surface area contributed by atoms with E-state index in [-0.39, 0.29) is 41.3 Å². The lowest BCUT2D eigenvalue weighted by Gasteiger charge is -2.64. The fraction of sp³-hybridized carbons (Fsp3) is 0.917. The quantitative estimate of drug-likeness (QED) is 0.0922. The third kappa shape index (κ3) is 5.74. The Morgan fingerprint density at radius 2 is 1.97 bits per heavy atom. The zero-order chi connectivity index (χ0) is 27.1. The van der Waals surface area contributed by atoms with Gasteiger partial charge in [0.05, 0.1) is 17.6 Å². The number of carbonyl (C=O) groups is 2. The van der Waals surface area contributed by atoms with E-state index >= 15 is 0 Å². The van der Waals surface area contributed by atoms with Gasteiger partial charge in [-0.3, -0.25) is 14.9 Å². The number of nitrogens with zero attached hydrogens (tertiary/aromatic N) is 2. The van der Waals surface area contributed by atoms with Gasteiger partial charge in [-0.1, -0.05) is 34.6 Å². The van der Waals surface area contributed by atoms with Gasteiger partial charge >= 0.3 is 7.12 Å². The van der Waals surface area contributed by atoms with E-state index in [9.17, 15) is 19.7 Å². The molecule has 13 heteroatoms. The highest BCUT2D eigenvalue weighted by molar-refractivity contribution is 6.47. The van der Waals surface area contributed by atoms with Gasteiger partial charge in [0, 0.05) is 6.42 Å². The summed E-state index contributed by atoms with van der Waals surface area (Å²) in [5.41, 5.74) is 2.45. The first-order valence-electron chi connectivity index (χ1n) is 13.7. The Balaban J connectivity index is 1.37. The van der Waals surface area contributed by atoms with Crippen LogP contribution in [0.25, 0.3) is 0 Å². The molecule has 0 aromatic heterocycles. The molecule has 7 atom stereocenters. The van der Waals surface area contributed by atoms with E-state index in [1.165, 1.54) is 0 Å². The van der Waals surface area contributed by atoms with Crippen LogP contribution in [0.3, 0.4) is 0 Å². The van der Waals surface area contributed by atoms with Gasteiger partial charge in [-0.15, -0.1) is 5.43 Å². The number of hydrogen-bond acceptors (Lipinski definition) is 8. The van der Waals surface area contributed by atoms with Crippen molar-refractivity contribution in [1.29, 1.82) is 0 Å². The number of rotatable bonds is 13. The van der Waals surface area contributed by atoms with Crippen molar-refractivity contribution >= 4 is 18.9 Å². The second-order valence-electron chi connectivity index (χ2n) is 12.3. The van der Waals surface area contributed by atoms with E-state index in [2.05, 4.69) is 56.0 Å². The predicted molar refractivity (Wildman–Crippen MR) is 137 cm³/mol. The van der Waals surface area contributed by atoms with Gasteiger partial charge in [-0.05, 0) is 73.9 Å². The van der Waals surface area contributed by atoms with E-state index in [1.54, 1.807) is 6.92 Å². The van der Waals surface area contributed by atoms with Gasteiger partial charge < -0.3 is 19.9 Å². The van der Waals surface area contributed by atoms with Crippen LogP contribution in [0.1, 0.15) is 80.1 Å². The standard InChI is InChI=1S/C24H43BN6O6/c1-7-20(32)27-16(9-8-10-26-22-29-30(22)31(34)35)21(33)28-19(11-14(2)3)25-36-18-13-15-12-17(23(15,4)5)24(18,6)37-25/h14-19,22,26,29H,7-13H2,1-6H3,(H,27,32)(H,28,33)/t15-,16-,17-,18+,19-,22?,24-,30?/m0/s1. The summed E-state index contributed by atoms with van der Waals surface area (Å²) in [6.45, 7) is 13.2. The molecule has 5 fully saturated rings. The van der Waals surface area contributed by atoms with Crippen molar-refractivity contribution in [2.75, 3.05) is 6.54 Å². The Morgan fingerprint density at radius 3 is 2.57 bits per heavy atom. The third-order valence-electron chi connectivity index (χ3n) is 8.94. The summed E-state index contributed by atoms with van der Waals surface area (Å²) >= 11 is 0. The lowest BCUT2D eigenvalue weighted by Crippen LogP contribution is -2.65. The topological polar surface area (TPSA) is 157 Å². The van der Waals surface area contributed by atoms with Crippen LogP contribution in [-0.2, 0) is 18.9 Å². The molecule has 2 amide bonds. The largest absolute Gasteiger partial charge is 0.481 e. The molecule has 3 aliphatic carbocycles. The molecule has 1 unspecified atom stereocenters. The molecule has 4 N–H and O–H groups in total. The van der Waals surface area contributed by atoms with Gasteiger partial charge in [0.25, 0.3) is 0 Å². The van der Waals surface area contributed by atoms with E-state index in [0.29, 0.717) is 43.6 Å². The number of carbonyl (C=O) groups excluding carboxylic acids is 2. The fourth-order valence-electron chi connectivity index (χ4n) is 6.58. The average Bonchev–Trinajstić information content (AvgIpc) is 3.51. The van der Waals surface area contributed by atoms with Gasteiger partial charge in [0.15, 0.2) is 5.03 Å². The number of nitrogens with one attached hydrogen (secondary N) is 4. The fourth-order valence-corrected chi connectivity index (χ4v) is 6.58. The Hall–Kier alpha value is -1.96. The highest BCUT2D eigenvalue weighted by Crippen LogP contribution is 2.65. The van der Waals surface area contributed by atoms with Crippen LogP contribution in [0, 0.1) is 33.3 Å². The maximum absolute atomic E-state index is 13.4. The zero-order valence-electron chi connectivity index (χ0n) is 22.9. The highest BCUT2D eigenvalue weighted by Gasteiger charge is 2.68. The van der Waals surface area contributed by atoms with Crippen LogP contribution in [0.4, 0.5) is 0 Å². The Morgan fingerprint density at radius 1 is 1.24 bits per heavy atom. The Kier molecular flexibility index (Phi) is 8.09. The van der Waals surface area contributed by atoms with E-state index in [1.807, 2.05) is 0 Å². The van der Waals surface area contributed by atoms with Crippen LogP contribution < -0.4 is 21.4 Å². The first-order chi connectivity index (χ1) is 17.4. The first-order valence-corrected chi connectivity index (χ1v) is 13.7. The minimum atomic E-state index is -0.714. The number of nitro groups is 1. The lowest BCUT2D eigenvalue weighted by molar-refractivity contribution is -0.627. The molecule has 2 saturated heterocycles. The van der Waals surface area contributed by atoms with Crippen LogP contribution in [0.2, 0.25) is 0 Å². The number of hydrogen-bond donors (Lipinski definition) is 4. The van der Waals surface area contributed by atoms with Gasteiger partial charge in [-0.2, -0.15) is 0 Å². The van der Waals surface area contributed by atoms with Crippen molar-refractivity contribution in [3.05, 3.63) is 10.1 Å². The van der Waals surface area contributed by atoms with Crippen molar-refractivity contribution in [1.82, 2.24) is 26.5 Å². The summed E-state index contributed by atoms with van der Waals surface area (Å²) in [5, 5.41) is 20.0. The molecule has 0 aromatic rings. The molecule has 0 spiro atoms. The summed E-state index contributed by atoms with van der Waals surface area (Å²) in [6.07, 6.45) is 3.56. The molecule has 2 aliphatic heterocycles. The molecule has 5 rings (SSSR count). The monoisotopic (exact) mass is 522 g/mol. The van der Waals surface area contributed by atoms with Crippen LogP contribution in [0.15, 0.2) is 0 Å². The third-order valence-corrected chi connectivity index (χ3v) is 8.94. The normalized spacial score (nSPS) is 32.8. The van der Waals surface area contributed by atoms with E-state index < -0.39 is 24.5 Å². The van der Waals surface area contributed by atoms with Crippen LogP contribution >= 0.6 is 0 Å². The lowest BCUT2D eigenvalue weighted by atomic mass is 9.43. The van der Waals surface area contributed by atoms with Gasteiger partial charge in [-0.25, -0.2) is 10.1 Å². The second-order valence-corrected chi connectivity index (χ2v) is 12.3. The molecule has 5 aliphatic rings. The van der Waals surface area contributed by atoms with Crippen molar-refractivity contribution in [3.63, 3.8) is 0 Å². The molecule has 3 saturated carbocycles. The predicted octanol–water partition coefficient (Wildman–Crippen LogP) is 1.34.